The summed E-state index contributed by atoms with van der Waals surface area (Å²) in [5.41, 5.74) is 0.299. The fourth-order valence-electron chi connectivity index (χ4n) is 2.96. The van der Waals surface area contributed by atoms with Gasteiger partial charge in [-0.25, -0.2) is 17.5 Å². The Bertz CT molecular complexity index is 656. The summed E-state index contributed by atoms with van der Waals surface area (Å²) in [4.78, 5) is 0.0564. The van der Waals surface area contributed by atoms with Gasteiger partial charge in [0.15, 0.2) is 5.79 Å². The van der Waals surface area contributed by atoms with Crippen molar-refractivity contribution in [1.82, 2.24) is 4.72 Å². The quantitative estimate of drug-likeness (QED) is 0.919. The molecule has 0 radical (unpaired) electrons. The Kier molecular flexibility index (Phi) is 4.24. The molecule has 1 aliphatic heterocycles. The minimum absolute atomic E-state index is 0.0564. The average Bonchev–Trinajstić information content (AvgIpc) is 3.10. The Hall–Kier alpha value is -1.02. The maximum absolute atomic E-state index is 13.2. The Morgan fingerprint density at radius 1 is 1.36 bits per heavy atom. The van der Waals surface area contributed by atoms with Gasteiger partial charge in [0.25, 0.3) is 0 Å². The zero-order valence-electron chi connectivity index (χ0n) is 12.5. The highest BCUT2D eigenvalue weighted by atomic mass is 32.2. The number of halogens is 1. The van der Waals surface area contributed by atoms with Crippen LogP contribution in [-0.4, -0.2) is 33.5 Å². The first-order chi connectivity index (χ1) is 10.4. The molecule has 1 heterocycles. The van der Waals surface area contributed by atoms with Crippen LogP contribution < -0.4 is 4.72 Å². The van der Waals surface area contributed by atoms with E-state index in [1.165, 1.54) is 19.1 Å². The molecule has 1 aliphatic carbocycles. The lowest BCUT2D eigenvalue weighted by atomic mass is 10.2. The van der Waals surface area contributed by atoms with Crippen LogP contribution in [0.15, 0.2) is 23.1 Å². The summed E-state index contributed by atoms with van der Waals surface area (Å²) >= 11 is 0. The molecule has 2 fully saturated rings. The predicted molar refractivity (Wildman–Crippen MR) is 78.3 cm³/mol. The summed E-state index contributed by atoms with van der Waals surface area (Å²) < 4.78 is 51.8. The molecule has 1 saturated heterocycles. The maximum atomic E-state index is 13.2. The first-order valence-electron chi connectivity index (χ1n) is 7.48. The molecule has 1 atom stereocenters. The number of ether oxygens (including phenoxy) is 2. The standard InChI is InChI=1S/C15H20FNO4S/c1-11-8-13(4-5-14(11)16)22(18,19)17-9-12-10-20-15(21-12)6-2-3-7-15/h4-5,8,12,17H,2-3,6-7,9-10H2,1H3/t12-/m0/s1. The van der Waals surface area contributed by atoms with Crippen molar-refractivity contribution in [2.45, 2.75) is 49.4 Å². The predicted octanol–water partition coefficient (Wildman–Crippen LogP) is 2.10. The number of hydrogen-bond acceptors (Lipinski definition) is 4. The van der Waals surface area contributed by atoms with Crippen LogP contribution in [0, 0.1) is 12.7 Å². The molecule has 0 unspecified atom stereocenters. The highest BCUT2D eigenvalue weighted by Gasteiger charge is 2.43. The number of nitrogens with one attached hydrogen (secondary N) is 1. The highest BCUT2D eigenvalue weighted by Crippen LogP contribution is 2.39. The topological polar surface area (TPSA) is 64.6 Å². The van der Waals surface area contributed by atoms with Crippen LogP contribution in [0.4, 0.5) is 4.39 Å². The molecule has 3 rings (SSSR count). The number of hydrogen-bond donors (Lipinski definition) is 1. The van der Waals surface area contributed by atoms with Crippen LogP contribution in [0.5, 0.6) is 0 Å². The molecule has 0 aromatic heterocycles. The lowest BCUT2D eigenvalue weighted by molar-refractivity contribution is -0.160. The zero-order valence-corrected chi connectivity index (χ0v) is 13.3. The van der Waals surface area contributed by atoms with Gasteiger partial charge in [-0.05, 0) is 43.5 Å². The largest absolute Gasteiger partial charge is 0.347 e. The van der Waals surface area contributed by atoms with Crippen molar-refractivity contribution in [2.75, 3.05) is 13.2 Å². The maximum Gasteiger partial charge on any atom is 0.240 e. The number of benzene rings is 1. The zero-order chi connectivity index (χ0) is 15.8. The first kappa shape index (κ1) is 15.9. The van der Waals surface area contributed by atoms with E-state index in [2.05, 4.69) is 4.72 Å². The van der Waals surface area contributed by atoms with Crippen LogP contribution >= 0.6 is 0 Å². The highest BCUT2D eigenvalue weighted by molar-refractivity contribution is 7.89. The number of aryl methyl sites for hydroxylation is 1. The Labute approximate surface area is 129 Å². The molecule has 0 amide bonds. The Morgan fingerprint density at radius 2 is 2.09 bits per heavy atom. The second kappa shape index (κ2) is 5.88. The van der Waals surface area contributed by atoms with Gasteiger partial charge in [-0.1, -0.05) is 0 Å². The Balaban J connectivity index is 1.62. The van der Waals surface area contributed by atoms with Crippen molar-refractivity contribution < 1.29 is 22.3 Å². The number of sulfonamides is 1. The van der Waals surface area contributed by atoms with Crippen LogP contribution in [0.25, 0.3) is 0 Å². The molecule has 122 valence electrons. The molecule has 1 saturated carbocycles. The lowest BCUT2D eigenvalue weighted by Crippen LogP contribution is -2.35. The van der Waals surface area contributed by atoms with Crippen molar-refractivity contribution in [3.8, 4) is 0 Å². The summed E-state index contributed by atoms with van der Waals surface area (Å²) in [6.45, 7) is 2.08. The van der Waals surface area contributed by atoms with Gasteiger partial charge < -0.3 is 9.47 Å². The molecule has 1 aromatic carbocycles. The summed E-state index contributed by atoms with van der Waals surface area (Å²) in [7, 11) is -3.67. The second-order valence-electron chi connectivity index (χ2n) is 5.93. The minimum atomic E-state index is -3.67. The third-order valence-corrected chi connectivity index (χ3v) is 5.64. The van der Waals surface area contributed by atoms with Crippen molar-refractivity contribution in [3.05, 3.63) is 29.6 Å². The van der Waals surface area contributed by atoms with E-state index in [1.54, 1.807) is 0 Å². The molecular formula is C15H20FNO4S. The summed E-state index contributed by atoms with van der Waals surface area (Å²) in [6.07, 6.45) is 3.61. The van der Waals surface area contributed by atoms with E-state index < -0.39 is 21.6 Å². The van der Waals surface area contributed by atoms with Gasteiger partial charge >= 0.3 is 0 Å². The van der Waals surface area contributed by atoms with Crippen LogP contribution in [0.1, 0.15) is 31.2 Å². The molecule has 2 aliphatic rings. The van der Waals surface area contributed by atoms with Gasteiger partial charge in [0, 0.05) is 19.4 Å². The monoisotopic (exact) mass is 329 g/mol. The molecule has 7 heteroatoms. The molecule has 1 N–H and O–H groups in total. The number of rotatable bonds is 4. The normalized spacial score (nSPS) is 24.2. The van der Waals surface area contributed by atoms with Crippen molar-refractivity contribution in [2.24, 2.45) is 0 Å². The van der Waals surface area contributed by atoms with E-state index in [-0.39, 0.29) is 17.5 Å². The van der Waals surface area contributed by atoms with Crippen LogP contribution in [0.3, 0.4) is 0 Å². The van der Waals surface area contributed by atoms with Crippen LogP contribution in [0.2, 0.25) is 0 Å². The van der Waals surface area contributed by atoms with Crippen molar-refractivity contribution >= 4 is 10.0 Å². The van der Waals surface area contributed by atoms with E-state index in [0.717, 1.165) is 31.7 Å². The Morgan fingerprint density at radius 3 is 2.77 bits per heavy atom. The first-order valence-corrected chi connectivity index (χ1v) is 8.96. The molecule has 1 spiro atoms. The van der Waals surface area contributed by atoms with Gasteiger partial charge in [-0.2, -0.15) is 0 Å². The molecule has 1 aromatic rings. The summed E-state index contributed by atoms with van der Waals surface area (Å²) in [5.74, 6) is -0.919. The fraction of sp³-hybridized carbons (Fsp3) is 0.600. The van der Waals surface area contributed by atoms with Gasteiger partial charge in [0.1, 0.15) is 5.82 Å². The van der Waals surface area contributed by atoms with Gasteiger partial charge in [-0.15, -0.1) is 0 Å². The minimum Gasteiger partial charge on any atom is -0.347 e. The van der Waals surface area contributed by atoms with Gasteiger partial charge in [0.05, 0.1) is 17.6 Å². The molecular weight excluding hydrogens is 309 g/mol. The smallest absolute Gasteiger partial charge is 0.240 e. The molecule has 0 bridgehead atoms. The fourth-order valence-corrected chi connectivity index (χ4v) is 4.11. The van der Waals surface area contributed by atoms with E-state index in [0.29, 0.717) is 12.2 Å². The van der Waals surface area contributed by atoms with Crippen molar-refractivity contribution in [3.63, 3.8) is 0 Å². The summed E-state index contributed by atoms with van der Waals surface area (Å²) in [6, 6.07) is 3.74. The third kappa shape index (κ3) is 3.17. The SMILES string of the molecule is Cc1cc(S(=O)(=O)NC[C@H]2COC3(CCCC3)O2)ccc1F. The molecule has 5 nitrogen and oxygen atoms in total. The molecule has 22 heavy (non-hydrogen) atoms. The van der Waals surface area contributed by atoms with E-state index in [1.807, 2.05) is 0 Å². The van der Waals surface area contributed by atoms with Crippen molar-refractivity contribution in [1.29, 1.82) is 0 Å². The average molecular weight is 329 g/mol. The van der Waals surface area contributed by atoms with E-state index in [9.17, 15) is 12.8 Å². The van der Waals surface area contributed by atoms with Gasteiger partial charge in [-0.3, -0.25) is 0 Å². The van der Waals surface area contributed by atoms with E-state index >= 15 is 0 Å². The third-order valence-electron chi connectivity index (χ3n) is 4.22. The van der Waals surface area contributed by atoms with Crippen LogP contribution in [-0.2, 0) is 19.5 Å². The summed E-state index contributed by atoms with van der Waals surface area (Å²) in [5, 5.41) is 0. The van der Waals surface area contributed by atoms with Gasteiger partial charge in [0.2, 0.25) is 10.0 Å². The van der Waals surface area contributed by atoms with E-state index in [4.69, 9.17) is 9.47 Å². The second-order valence-corrected chi connectivity index (χ2v) is 7.70. The lowest BCUT2D eigenvalue weighted by Gasteiger charge is -2.21.